The van der Waals surface area contributed by atoms with Crippen LogP contribution in [0.5, 0.6) is 0 Å². The van der Waals surface area contributed by atoms with Crippen LogP contribution in [0.3, 0.4) is 0 Å². The molecule has 2 atom stereocenters. The summed E-state index contributed by atoms with van der Waals surface area (Å²) in [6.07, 6.45) is 5.67. The molecule has 1 aliphatic carbocycles. The summed E-state index contributed by atoms with van der Waals surface area (Å²) in [6, 6.07) is 0. The van der Waals surface area contributed by atoms with Crippen LogP contribution in [0.2, 0.25) is 0 Å². The van der Waals surface area contributed by atoms with Gasteiger partial charge in [-0.05, 0) is 39.7 Å². The molecule has 2 unspecified atom stereocenters. The molecule has 0 aromatic carbocycles. The molecule has 1 fully saturated rings. The predicted molar refractivity (Wildman–Crippen MR) is 63.9 cm³/mol. The zero-order chi connectivity index (χ0) is 9.97. The Balaban J connectivity index is 2.19. The maximum Gasteiger partial charge on any atom is 0.0609 e. The fraction of sp³-hybridized carbons (Fsp3) is 0.636. The Morgan fingerprint density at radius 3 is 2.71 bits per heavy atom. The molecule has 0 spiro atoms. The van der Waals surface area contributed by atoms with Crippen LogP contribution in [0.1, 0.15) is 43.6 Å². The van der Waals surface area contributed by atoms with E-state index in [1.54, 1.807) is 11.3 Å². The van der Waals surface area contributed by atoms with Crippen molar-refractivity contribution in [3.05, 3.63) is 20.8 Å². The molecule has 1 nitrogen and oxygen atoms in total. The zero-order valence-corrected chi connectivity index (χ0v) is 10.5. The van der Waals surface area contributed by atoms with E-state index in [1.165, 1.54) is 29.3 Å². The largest absolute Gasteiger partial charge is 0.392 e. The SMILES string of the molecule is OC1CCCCCC1c1cscc1Br. The molecule has 1 heterocycles. The summed E-state index contributed by atoms with van der Waals surface area (Å²) in [4.78, 5) is 0. The zero-order valence-electron chi connectivity index (χ0n) is 8.08. The first-order valence-electron chi connectivity index (χ1n) is 5.18. The van der Waals surface area contributed by atoms with Gasteiger partial charge in [0.2, 0.25) is 0 Å². The van der Waals surface area contributed by atoms with E-state index in [4.69, 9.17) is 0 Å². The monoisotopic (exact) mass is 274 g/mol. The smallest absolute Gasteiger partial charge is 0.0609 e. The van der Waals surface area contributed by atoms with Crippen LogP contribution >= 0.6 is 27.3 Å². The van der Waals surface area contributed by atoms with Crippen molar-refractivity contribution in [2.75, 3.05) is 0 Å². The average molecular weight is 275 g/mol. The van der Waals surface area contributed by atoms with Crippen molar-refractivity contribution in [1.82, 2.24) is 0 Å². The first-order valence-corrected chi connectivity index (χ1v) is 6.92. The second kappa shape index (κ2) is 4.77. The van der Waals surface area contributed by atoms with Crippen molar-refractivity contribution in [2.24, 2.45) is 0 Å². The van der Waals surface area contributed by atoms with Crippen LogP contribution in [0, 0.1) is 0 Å². The van der Waals surface area contributed by atoms with Gasteiger partial charge in [0.15, 0.2) is 0 Å². The molecule has 1 aliphatic rings. The van der Waals surface area contributed by atoms with Gasteiger partial charge in [-0.3, -0.25) is 0 Å². The molecular weight excluding hydrogens is 260 g/mol. The quantitative estimate of drug-likeness (QED) is 0.770. The first kappa shape index (κ1) is 10.7. The standard InChI is InChI=1S/C11H15BrOS/c12-10-7-14-6-9(10)8-4-2-1-3-5-11(8)13/h6-8,11,13H,1-5H2. The van der Waals surface area contributed by atoms with Gasteiger partial charge in [0.25, 0.3) is 0 Å². The van der Waals surface area contributed by atoms with Crippen LogP contribution < -0.4 is 0 Å². The van der Waals surface area contributed by atoms with Gasteiger partial charge in [-0.15, -0.1) is 0 Å². The van der Waals surface area contributed by atoms with E-state index in [-0.39, 0.29) is 6.10 Å². The second-order valence-corrected chi connectivity index (χ2v) is 5.58. The number of halogens is 1. The fourth-order valence-electron chi connectivity index (χ4n) is 2.21. The minimum Gasteiger partial charge on any atom is -0.392 e. The molecule has 78 valence electrons. The normalized spacial score (nSPS) is 28.7. The maximum atomic E-state index is 10.0. The summed E-state index contributed by atoms with van der Waals surface area (Å²) in [5.74, 6) is 0.359. The molecule has 1 saturated carbocycles. The lowest BCUT2D eigenvalue weighted by Crippen LogP contribution is -2.16. The van der Waals surface area contributed by atoms with Crippen molar-refractivity contribution >= 4 is 27.3 Å². The number of aliphatic hydroxyl groups is 1. The molecule has 1 aromatic rings. The summed E-state index contributed by atoms with van der Waals surface area (Å²) in [5, 5.41) is 14.3. The first-order chi connectivity index (χ1) is 6.79. The highest BCUT2D eigenvalue weighted by Gasteiger charge is 2.25. The van der Waals surface area contributed by atoms with E-state index in [1.807, 2.05) is 0 Å². The van der Waals surface area contributed by atoms with E-state index in [2.05, 4.69) is 26.7 Å². The lowest BCUT2D eigenvalue weighted by Gasteiger charge is -2.19. The van der Waals surface area contributed by atoms with Gasteiger partial charge in [0.05, 0.1) is 6.10 Å². The Bertz CT molecular complexity index is 297. The van der Waals surface area contributed by atoms with Crippen LogP contribution in [-0.2, 0) is 0 Å². The molecule has 1 N–H and O–H groups in total. The molecule has 0 bridgehead atoms. The van der Waals surface area contributed by atoms with Gasteiger partial charge in [-0.1, -0.05) is 19.3 Å². The van der Waals surface area contributed by atoms with Gasteiger partial charge < -0.3 is 5.11 Å². The molecule has 2 rings (SSSR count). The number of aliphatic hydroxyl groups excluding tert-OH is 1. The minimum atomic E-state index is -0.136. The van der Waals surface area contributed by atoms with Crippen molar-refractivity contribution in [2.45, 2.75) is 44.1 Å². The van der Waals surface area contributed by atoms with Gasteiger partial charge >= 0.3 is 0 Å². The van der Waals surface area contributed by atoms with Crippen molar-refractivity contribution in [3.63, 3.8) is 0 Å². The van der Waals surface area contributed by atoms with Crippen molar-refractivity contribution in [1.29, 1.82) is 0 Å². The Hall–Kier alpha value is 0.140. The van der Waals surface area contributed by atoms with Gasteiger partial charge in [0, 0.05) is 15.8 Å². The Kier molecular flexibility index (Phi) is 3.63. The van der Waals surface area contributed by atoms with E-state index >= 15 is 0 Å². The van der Waals surface area contributed by atoms with Gasteiger partial charge in [-0.25, -0.2) is 0 Å². The van der Waals surface area contributed by atoms with E-state index in [0.29, 0.717) is 5.92 Å². The number of hydrogen-bond donors (Lipinski definition) is 1. The van der Waals surface area contributed by atoms with Crippen LogP contribution in [0.4, 0.5) is 0 Å². The van der Waals surface area contributed by atoms with E-state index in [9.17, 15) is 5.11 Å². The molecule has 0 radical (unpaired) electrons. The van der Waals surface area contributed by atoms with Crippen LogP contribution in [0.15, 0.2) is 15.2 Å². The van der Waals surface area contributed by atoms with Crippen LogP contribution in [0.25, 0.3) is 0 Å². The third kappa shape index (κ3) is 2.20. The molecule has 0 aliphatic heterocycles. The Morgan fingerprint density at radius 2 is 2.00 bits per heavy atom. The highest BCUT2D eigenvalue weighted by Crippen LogP contribution is 2.37. The summed E-state index contributed by atoms with van der Waals surface area (Å²) >= 11 is 5.26. The maximum absolute atomic E-state index is 10.0. The van der Waals surface area contributed by atoms with Crippen molar-refractivity contribution in [3.8, 4) is 0 Å². The molecule has 0 amide bonds. The fourth-order valence-corrected chi connectivity index (χ4v) is 3.86. The highest BCUT2D eigenvalue weighted by atomic mass is 79.9. The lowest BCUT2D eigenvalue weighted by molar-refractivity contribution is 0.135. The summed E-state index contributed by atoms with van der Waals surface area (Å²) in [5.41, 5.74) is 1.31. The van der Waals surface area contributed by atoms with Gasteiger partial charge in [-0.2, -0.15) is 11.3 Å². The molecule has 1 aromatic heterocycles. The summed E-state index contributed by atoms with van der Waals surface area (Å²) in [6.45, 7) is 0. The number of hydrogen-bond acceptors (Lipinski definition) is 2. The van der Waals surface area contributed by atoms with Gasteiger partial charge in [0.1, 0.15) is 0 Å². The van der Waals surface area contributed by atoms with E-state index in [0.717, 1.165) is 12.8 Å². The molecule has 3 heteroatoms. The third-order valence-electron chi connectivity index (χ3n) is 3.02. The topological polar surface area (TPSA) is 20.2 Å². The van der Waals surface area contributed by atoms with Crippen molar-refractivity contribution < 1.29 is 5.11 Å². The Morgan fingerprint density at radius 1 is 1.21 bits per heavy atom. The number of rotatable bonds is 1. The lowest BCUT2D eigenvalue weighted by atomic mass is 9.91. The molecule has 14 heavy (non-hydrogen) atoms. The Labute approximate surface area is 97.3 Å². The average Bonchev–Trinajstić information content (AvgIpc) is 2.46. The third-order valence-corrected chi connectivity index (χ3v) is 4.77. The molecular formula is C11H15BrOS. The highest BCUT2D eigenvalue weighted by molar-refractivity contribution is 9.10. The summed E-state index contributed by atoms with van der Waals surface area (Å²) < 4.78 is 1.17. The summed E-state index contributed by atoms with van der Waals surface area (Å²) in [7, 11) is 0. The van der Waals surface area contributed by atoms with E-state index < -0.39 is 0 Å². The van der Waals surface area contributed by atoms with Crippen LogP contribution in [-0.4, -0.2) is 11.2 Å². The predicted octanol–water partition coefficient (Wildman–Crippen LogP) is 3.92. The second-order valence-electron chi connectivity index (χ2n) is 3.99. The number of thiophene rings is 1. The minimum absolute atomic E-state index is 0.136. The molecule has 0 saturated heterocycles.